The number of fused-ring (bicyclic) bond motifs is 1. The molecule has 1 aromatic heterocycles. The lowest BCUT2D eigenvalue weighted by Crippen LogP contribution is -2.44. The molecule has 1 N–H and O–H groups in total. The van der Waals surface area contributed by atoms with E-state index in [0.717, 1.165) is 51.9 Å². The lowest BCUT2D eigenvalue weighted by Gasteiger charge is -2.44. The summed E-state index contributed by atoms with van der Waals surface area (Å²) >= 11 is 2.22. The normalized spacial score (nSPS) is 19.3. The summed E-state index contributed by atoms with van der Waals surface area (Å²) < 4.78 is 74.0. The van der Waals surface area contributed by atoms with Crippen LogP contribution in [0.4, 0.5) is 22.0 Å². The number of aromatic nitrogens is 1. The Bertz CT molecular complexity index is 1200. The molecule has 2 aromatic rings. The molecular formula is C29H39F5INO2Si. The molecule has 2 atom stereocenters. The van der Waals surface area contributed by atoms with E-state index in [1.54, 1.807) is 0 Å². The third-order valence-corrected chi connectivity index (χ3v) is 13.7. The number of aliphatic hydroxyl groups is 1. The Kier molecular flexibility index (Phi) is 8.82. The van der Waals surface area contributed by atoms with Gasteiger partial charge in [-0.15, -0.1) is 0 Å². The summed E-state index contributed by atoms with van der Waals surface area (Å²) in [5.74, 6) is -5.05. The lowest BCUT2D eigenvalue weighted by molar-refractivity contribution is -0.289. The van der Waals surface area contributed by atoms with Crippen LogP contribution in [0.2, 0.25) is 18.1 Å². The zero-order chi connectivity index (χ0) is 29.9. The number of halogens is 6. The van der Waals surface area contributed by atoms with Gasteiger partial charge in [0.2, 0.25) is 0 Å². The number of aliphatic hydroxyl groups excluding tert-OH is 1. The van der Waals surface area contributed by atoms with E-state index >= 15 is 0 Å². The third kappa shape index (κ3) is 6.38. The fourth-order valence-electron chi connectivity index (χ4n) is 4.78. The Morgan fingerprint density at radius 2 is 1.59 bits per heavy atom. The minimum atomic E-state index is -5.71. The van der Waals surface area contributed by atoms with Crippen LogP contribution < -0.4 is 0 Å². The van der Waals surface area contributed by atoms with Crippen molar-refractivity contribution in [1.29, 1.82) is 0 Å². The van der Waals surface area contributed by atoms with Crippen LogP contribution in [0.5, 0.6) is 0 Å². The Labute approximate surface area is 243 Å². The van der Waals surface area contributed by atoms with Gasteiger partial charge in [-0.25, -0.2) is 0 Å². The zero-order valence-corrected chi connectivity index (χ0v) is 27.2. The van der Waals surface area contributed by atoms with Crippen molar-refractivity contribution in [3.8, 4) is 0 Å². The summed E-state index contributed by atoms with van der Waals surface area (Å²) in [6.07, 6.45) is -5.68. The SMILES string of the molecule is CC(C)c1nc2c(c(I)c1C(O)c1ccc(C(F)(F)C(F)(F)F)cc1)[C@@H](O[Si](C)(C)C(C)(C)C)CC(C)(C)C2. The first-order valence-corrected chi connectivity index (χ1v) is 17.1. The number of hydrogen-bond acceptors (Lipinski definition) is 3. The van der Waals surface area contributed by atoms with E-state index in [4.69, 9.17) is 9.41 Å². The van der Waals surface area contributed by atoms with Crippen molar-refractivity contribution in [2.24, 2.45) is 5.41 Å². The van der Waals surface area contributed by atoms with Crippen molar-refractivity contribution in [3.63, 3.8) is 0 Å². The standard InChI is InChI=1S/C29H39F5INO2Si/c1-16(2)24-22(25(37)17-10-12-18(13-11-17)28(30,31)29(32,33)34)23(35)21-19(36-24)14-27(6,7)15-20(21)38-39(8,9)26(3,4)5/h10-13,16,20,25,37H,14-15H2,1-9H3/t20-,25?/m0/s1. The number of hydrogen-bond donors (Lipinski definition) is 1. The van der Waals surface area contributed by atoms with Crippen LogP contribution in [0, 0.1) is 8.99 Å². The molecule has 0 spiro atoms. The van der Waals surface area contributed by atoms with Crippen molar-refractivity contribution in [2.45, 2.75) is 110 Å². The summed E-state index contributed by atoms with van der Waals surface area (Å²) in [6, 6.07) is 3.72. The topological polar surface area (TPSA) is 42.4 Å². The van der Waals surface area contributed by atoms with Gasteiger partial charge in [0.1, 0.15) is 6.10 Å². The van der Waals surface area contributed by atoms with Gasteiger partial charge in [-0.2, -0.15) is 22.0 Å². The van der Waals surface area contributed by atoms with Gasteiger partial charge < -0.3 is 9.53 Å². The predicted molar refractivity (Wildman–Crippen MR) is 155 cm³/mol. The molecule has 0 aliphatic heterocycles. The first-order valence-electron chi connectivity index (χ1n) is 13.1. The van der Waals surface area contributed by atoms with Crippen LogP contribution in [-0.2, 0) is 16.8 Å². The van der Waals surface area contributed by atoms with Crippen LogP contribution in [0.25, 0.3) is 0 Å². The van der Waals surface area contributed by atoms with Gasteiger partial charge in [0, 0.05) is 26.0 Å². The number of rotatable bonds is 6. The second-order valence-electron chi connectivity index (χ2n) is 13.2. The highest BCUT2D eigenvalue weighted by molar-refractivity contribution is 14.1. The summed E-state index contributed by atoms with van der Waals surface area (Å²) in [5.41, 5.74) is 2.10. The lowest BCUT2D eigenvalue weighted by atomic mass is 9.74. The Morgan fingerprint density at radius 1 is 1.05 bits per heavy atom. The molecule has 0 saturated heterocycles. The monoisotopic (exact) mass is 683 g/mol. The molecule has 0 radical (unpaired) electrons. The van der Waals surface area contributed by atoms with E-state index in [0.29, 0.717) is 11.3 Å². The van der Waals surface area contributed by atoms with Crippen LogP contribution in [0.15, 0.2) is 24.3 Å². The summed E-state index contributed by atoms with van der Waals surface area (Å²) in [4.78, 5) is 5.05. The molecule has 1 heterocycles. The molecule has 1 aliphatic rings. The largest absolute Gasteiger partial charge is 0.458 e. The molecule has 3 rings (SSSR count). The molecular weight excluding hydrogens is 644 g/mol. The van der Waals surface area contributed by atoms with Crippen LogP contribution in [0.1, 0.15) is 107 Å². The number of nitrogens with zero attached hydrogens (tertiary/aromatic N) is 1. The maximum atomic E-state index is 13.9. The summed E-state index contributed by atoms with van der Waals surface area (Å²) in [7, 11) is -2.19. The van der Waals surface area contributed by atoms with E-state index in [1.165, 1.54) is 0 Å². The number of pyridine rings is 1. The van der Waals surface area contributed by atoms with E-state index in [9.17, 15) is 27.1 Å². The van der Waals surface area contributed by atoms with Crippen LogP contribution >= 0.6 is 22.6 Å². The van der Waals surface area contributed by atoms with Gasteiger partial charge in [-0.1, -0.05) is 72.7 Å². The van der Waals surface area contributed by atoms with E-state index in [2.05, 4.69) is 70.3 Å². The van der Waals surface area contributed by atoms with Crippen LogP contribution in [0.3, 0.4) is 0 Å². The number of alkyl halides is 5. The fourth-order valence-corrected chi connectivity index (χ4v) is 7.28. The molecule has 1 unspecified atom stereocenters. The number of benzene rings is 1. The average molecular weight is 684 g/mol. The molecule has 1 aromatic carbocycles. The van der Waals surface area contributed by atoms with Gasteiger partial charge in [0.15, 0.2) is 8.32 Å². The molecule has 10 heteroatoms. The summed E-state index contributed by atoms with van der Waals surface area (Å²) in [5, 5.41) is 11.5. The highest BCUT2D eigenvalue weighted by Crippen LogP contribution is 2.50. The highest BCUT2D eigenvalue weighted by atomic mass is 127. The average Bonchev–Trinajstić information content (AvgIpc) is 2.75. The Balaban J connectivity index is 2.16. The van der Waals surface area contributed by atoms with Crippen molar-refractivity contribution in [3.05, 3.63) is 61.5 Å². The molecule has 39 heavy (non-hydrogen) atoms. The second-order valence-corrected chi connectivity index (χ2v) is 19.1. The van der Waals surface area contributed by atoms with E-state index < -0.39 is 32.1 Å². The van der Waals surface area contributed by atoms with Gasteiger partial charge in [0.05, 0.1) is 11.8 Å². The quantitative estimate of drug-likeness (QED) is 0.187. The molecule has 0 amide bonds. The maximum absolute atomic E-state index is 13.9. The molecule has 0 fully saturated rings. The first-order chi connectivity index (χ1) is 17.5. The zero-order valence-electron chi connectivity index (χ0n) is 24.0. The minimum absolute atomic E-state index is 0.0198. The van der Waals surface area contributed by atoms with Gasteiger partial charge >= 0.3 is 12.1 Å². The maximum Gasteiger partial charge on any atom is 0.458 e. The molecule has 1 aliphatic carbocycles. The molecule has 3 nitrogen and oxygen atoms in total. The first kappa shape index (κ1) is 32.4. The minimum Gasteiger partial charge on any atom is -0.410 e. The summed E-state index contributed by atoms with van der Waals surface area (Å²) in [6.45, 7) is 19.3. The fraction of sp³-hybridized carbons (Fsp3) is 0.621. The van der Waals surface area contributed by atoms with Gasteiger partial charge in [-0.05, 0) is 70.5 Å². The molecule has 218 valence electrons. The second kappa shape index (κ2) is 10.6. The Hall–Kier alpha value is -1.11. The van der Waals surface area contributed by atoms with Crippen molar-refractivity contribution in [2.75, 3.05) is 0 Å². The van der Waals surface area contributed by atoms with Crippen LogP contribution in [-0.4, -0.2) is 24.6 Å². The Morgan fingerprint density at radius 3 is 2.05 bits per heavy atom. The van der Waals surface area contributed by atoms with Crippen molar-refractivity contribution < 1.29 is 31.5 Å². The molecule has 0 saturated carbocycles. The predicted octanol–water partition coefficient (Wildman–Crippen LogP) is 9.58. The molecule has 0 bridgehead atoms. The van der Waals surface area contributed by atoms with E-state index in [1.807, 2.05) is 13.8 Å². The third-order valence-electron chi connectivity index (χ3n) is 8.03. The van der Waals surface area contributed by atoms with Gasteiger partial charge in [-0.3, -0.25) is 4.98 Å². The van der Waals surface area contributed by atoms with Crippen molar-refractivity contribution in [1.82, 2.24) is 4.98 Å². The highest BCUT2D eigenvalue weighted by Gasteiger charge is 2.58. The smallest absolute Gasteiger partial charge is 0.410 e. The van der Waals surface area contributed by atoms with E-state index in [-0.39, 0.29) is 28.0 Å². The van der Waals surface area contributed by atoms with Gasteiger partial charge in [0.25, 0.3) is 0 Å². The van der Waals surface area contributed by atoms with Crippen molar-refractivity contribution >= 4 is 30.9 Å².